The number of benzene rings is 16. The Morgan fingerprint density at radius 2 is 0.330 bits per heavy atom. The SMILES string of the molecule is c1ccc(-c2ccc(-n3c4ccccc4c4cc(-c5ccc6c(c5)c5ccccc5n6-c5cccc(-c6ccccc6)c5)ccc43)cc2)cc1.c1ccc(-c2cccc(-c3cccc(-c4cccc(-n5c6ccccc6c6cc(-n7c8ccccc8c8ccccc87)ccc65)c4)c3)c2)cc1. The monoisotopic (exact) mass is 1270 g/mol. The summed E-state index contributed by atoms with van der Waals surface area (Å²) in [7, 11) is 0. The number of rotatable bonds is 10. The van der Waals surface area contributed by atoms with Crippen molar-refractivity contribution >= 4 is 87.2 Å². The molecule has 100 heavy (non-hydrogen) atoms. The first-order chi connectivity index (χ1) is 49.6. The van der Waals surface area contributed by atoms with Crippen LogP contribution >= 0.6 is 0 Å². The third-order valence-corrected chi connectivity index (χ3v) is 20.2. The van der Waals surface area contributed by atoms with E-state index in [1.165, 1.54) is 160 Å². The van der Waals surface area contributed by atoms with E-state index in [2.05, 4.69) is 407 Å². The van der Waals surface area contributed by atoms with Gasteiger partial charge >= 0.3 is 0 Å². The topological polar surface area (TPSA) is 19.7 Å². The molecular formula is C96H64N4. The molecule has 0 spiro atoms. The van der Waals surface area contributed by atoms with E-state index < -0.39 is 0 Å². The van der Waals surface area contributed by atoms with Crippen molar-refractivity contribution in [3.8, 4) is 89.5 Å². The second kappa shape index (κ2) is 24.4. The number of nitrogens with zero attached hydrogens (tertiary/aromatic N) is 4. The largest absolute Gasteiger partial charge is 0.309 e. The van der Waals surface area contributed by atoms with E-state index in [4.69, 9.17) is 0 Å². The molecule has 4 heteroatoms. The van der Waals surface area contributed by atoms with Crippen LogP contribution in [0.25, 0.3) is 177 Å². The third kappa shape index (κ3) is 10.1. The van der Waals surface area contributed by atoms with Crippen molar-refractivity contribution in [3.63, 3.8) is 0 Å². The van der Waals surface area contributed by atoms with Gasteiger partial charge in [0.25, 0.3) is 0 Å². The van der Waals surface area contributed by atoms with Gasteiger partial charge in [0.15, 0.2) is 0 Å². The molecule has 0 aliphatic heterocycles. The maximum Gasteiger partial charge on any atom is 0.0542 e. The van der Waals surface area contributed by atoms with E-state index in [-0.39, 0.29) is 0 Å². The van der Waals surface area contributed by atoms with Gasteiger partial charge in [0.2, 0.25) is 0 Å². The summed E-state index contributed by atoms with van der Waals surface area (Å²) in [5.41, 5.74) is 28.9. The highest BCUT2D eigenvalue weighted by Gasteiger charge is 2.20. The van der Waals surface area contributed by atoms with Crippen LogP contribution in [0, 0.1) is 0 Å². The molecule has 20 aromatic rings. The average Bonchev–Trinajstić information content (AvgIpc) is 1.59. The lowest BCUT2D eigenvalue weighted by Gasteiger charge is -2.12. The Labute approximate surface area is 579 Å². The van der Waals surface area contributed by atoms with Gasteiger partial charge in [0.05, 0.1) is 44.1 Å². The molecule has 0 aliphatic carbocycles. The molecule has 0 fully saturated rings. The molecule has 4 aromatic heterocycles. The maximum absolute atomic E-state index is 2.41. The van der Waals surface area contributed by atoms with Gasteiger partial charge in [0, 0.05) is 65.8 Å². The summed E-state index contributed by atoms with van der Waals surface area (Å²) in [6.07, 6.45) is 0. The van der Waals surface area contributed by atoms with Crippen LogP contribution in [0.3, 0.4) is 0 Å². The molecular weight excluding hydrogens is 1210 g/mol. The number of hydrogen-bond donors (Lipinski definition) is 0. The molecule has 4 heterocycles. The second-order valence-corrected chi connectivity index (χ2v) is 26.0. The Morgan fingerprint density at radius 1 is 0.110 bits per heavy atom. The van der Waals surface area contributed by atoms with Gasteiger partial charge in [-0.2, -0.15) is 0 Å². The highest BCUT2D eigenvalue weighted by Crippen LogP contribution is 2.42. The van der Waals surface area contributed by atoms with Crippen LogP contribution in [0.1, 0.15) is 0 Å². The zero-order valence-corrected chi connectivity index (χ0v) is 54.7. The van der Waals surface area contributed by atoms with E-state index in [0.717, 1.165) is 17.1 Å². The van der Waals surface area contributed by atoms with Crippen LogP contribution < -0.4 is 0 Å². The molecule has 0 N–H and O–H groups in total. The standard InChI is InChI=1S/2C48H32N2/c1-3-12-33(13-4-1)35-22-26-39(27-23-35)49-45-20-9-7-18-41(45)43-31-37(24-28-47(43)49)38-25-29-48-44(32-38)42-19-8-10-21-46(42)50(48)40-17-11-16-36(30-40)34-14-5-2-6-15-34;1-2-13-33(14-3-1)34-15-10-16-35(29-34)36-17-11-18-37(30-36)38-19-12-20-39(31-38)49-47-26-9-6-23-43(47)44-32-40(27-28-48(44)49)50-45-24-7-4-21-41(45)42-22-5-8-25-46(42)50/h2*1-32H. The van der Waals surface area contributed by atoms with Crippen molar-refractivity contribution in [1.29, 1.82) is 0 Å². The molecule has 468 valence electrons. The Hall–Kier alpha value is -13.3. The Kier molecular flexibility index (Phi) is 14.2. The van der Waals surface area contributed by atoms with Gasteiger partial charge in [-0.25, -0.2) is 0 Å². The lowest BCUT2D eigenvalue weighted by molar-refractivity contribution is 1.17. The molecule has 20 rings (SSSR count). The van der Waals surface area contributed by atoms with E-state index in [9.17, 15) is 0 Å². The van der Waals surface area contributed by atoms with Crippen molar-refractivity contribution in [2.24, 2.45) is 0 Å². The molecule has 0 radical (unpaired) electrons. The molecule has 0 aliphatic rings. The number of fused-ring (bicyclic) bond motifs is 12. The minimum absolute atomic E-state index is 1.15. The average molecular weight is 1270 g/mol. The van der Waals surface area contributed by atoms with Gasteiger partial charge in [-0.05, 0) is 188 Å². The van der Waals surface area contributed by atoms with Crippen molar-refractivity contribution in [3.05, 3.63) is 388 Å². The first-order valence-corrected chi connectivity index (χ1v) is 34.4. The molecule has 0 saturated heterocycles. The lowest BCUT2D eigenvalue weighted by Crippen LogP contribution is -1.96. The highest BCUT2D eigenvalue weighted by atomic mass is 15.0. The van der Waals surface area contributed by atoms with Crippen LogP contribution in [0.4, 0.5) is 0 Å². The molecule has 0 saturated carbocycles. The summed E-state index contributed by atoms with van der Waals surface area (Å²) in [4.78, 5) is 0. The first-order valence-electron chi connectivity index (χ1n) is 34.4. The van der Waals surface area contributed by atoms with Gasteiger partial charge in [-0.3, -0.25) is 0 Å². The zero-order chi connectivity index (χ0) is 66.0. The fraction of sp³-hybridized carbons (Fsp3) is 0. The minimum atomic E-state index is 1.15. The van der Waals surface area contributed by atoms with E-state index in [1.807, 2.05) is 0 Å². The van der Waals surface area contributed by atoms with Crippen LogP contribution in [0.2, 0.25) is 0 Å². The summed E-state index contributed by atoms with van der Waals surface area (Å²) in [6, 6.07) is 141. The van der Waals surface area contributed by atoms with Crippen molar-refractivity contribution < 1.29 is 0 Å². The normalized spacial score (nSPS) is 11.6. The molecule has 4 nitrogen and oxygen atoms in total. The molecule has 16 aromatic carbocycles. The molecule has 0 bridgehead atoms. The van der Waals surface area contributed by atoms with Crippen LogP contribution in [0.15, 0.2) is 388 Å². The Bertz CT molecular complexity index is 6450. The minimum Gasteiger partial charge on any atom is -0.309 e. The lowest BCUT2D eigenvalue weighted by atomic mass is 9.96. The summed E-state index contributed by atoms with van der Waals surface area (Å²) >= 11 is 0. The number of aromatic nitrogens is 4. The predicted molar refractivity (Wildman–Crippen MR) is 423 cm³/mol. The zero-order valence-electron chi connectivity index (χ0n) is 54.7. The fourth-order valence-corrected chi connectivity index (χ4v) is 15.5. The number of hydrogen-bond acceptors (Lipinski definition) is 0. The third-order valence-electron chi connectivity index (χ3n) is 20.2. The smallest absolute Gasteiger partial charge is 0.0542 e. The van der Waals surface area contributed by atoms with E-state index >= 15 is 0 Å². The van der Waals surface area contributed by atoms with Gasteiger partial charge in [-0.15, -0.1) is 0 Å². The summed E-state index contributed by atoms with van der Waals surface area (Å²) in [6.45, 7) is 0. The Balaban J connectivity index is 0.000000139. The quantitative estimate of drug-likeness (QED) is 0.130. The fourth-order valence-electron chi connectivity index (χ4n) is 15.5. The van der Waals surface area contributed by atoms with Crippen LogP contribution in [-0.2, 0) is 0 Å². The maximum atomic E-state index is 2.41. The molecule has 0 unspecified atom stereocenters. The van der Waals surface area contributed by atoms with Gasteiger partial charge in [0.1, 0.15) is 0 Å². The number of para-hydroxylation sites is 5. The predicted octanol–water partition coefficient (Wildman–Crippen LogP) is 25.8. The Morgan fingerprint density at radius 3 is 0.730 bits per heavy atom. The van der Waals surface area contributed by atoms with Crippen molar-refractivity contribution in [1.82, 2.24) is 18.3 Å². The van der Waals surface area contributed by atoms with Crippen LogP contribution in [-0.4, -0.2) is 18.3 Å². The van der Waals surface area contributed by atoms with Crippen LogP contribution in [0.5, 0.6) is 0 Å². The second-order valence-electron chi connectivity index (χ2n) is 26.0. The van der Waals surface area contributed by atoms with Gasteiger partial charge in [-0.1, -0.05) is 267 Å². The van der Waals surface area contributed by atoms with E-state index in [0.29, 0.717) is 0 Å². The molecule has 0 amide bonds. The molecule has 0 atom stereocenters. The van der Waals surface area contributed by atoms with E-state index in [1.54, 1.807) is 0 Å². The highest BCUT2D eigenvalue weighted by molar-refractivity contribution is 6.15. The van der Waals surface area contributed by atoms with Gasteiger partial charge < -0.3 is 18.3 Å². The summed E-state index contributed by atoms with van der Waals surface area (Å²) in [5, 5.41) is 10.1. The summed E-state index contributed by atoms with van der Waals surface area (Å²) in [5.74, 6) is 0. The summed E-state index contributed by atoms with van der Waals surface area (Å²) < 4.78 is 9.61. The first kappa shape index (κ1) is 58.1. The van der Waals surface area contributed by atoms with Crippen molar-refractivity contribution in [2.75, 3.05) is 0 Å². The van der Waals surface area contributed by atoms with Crippen molar-refractivity contribution in [2.45, 2.75) is 0 Å².